The van der Waals surface area contributed by atoms with Gasteiger partial charge >= 0.3 is 6.03 Å². The number of nitrogens with one attached hydrogen (secondary N) is 2. The summed E-state index contributed by atoms with van der Waals surface area (Å²) in [6, 6.07) is 11.8. The molecule has 2 aliphatic rings. The van der Waals surface area contributed by atoms with Gasteiger partial charge in [0.1, 0.15) is 0 Å². The zero-order chi connectivity index (χ0) is 26.0. The molecule has 10 heteroatoms. The number of carbonyl (C=O) groups excluding carboxylic acids is 1. The molecule has 2 fully saturated rings. The van der Waals surface area contributed by atoms with E-state index in [4.69, 9.17) is 23.2 Å². The number of hydrogen-bond acceptors (Lipinski definition) is 5. The molecule has 0 radical (unpaired) electrons. The van der Waals surface area contributed by atoms with Crippen molar-refractivity contribution >= 4 is 44.8 Å². The average Bonchev–Trinajstić information content (AvgIpc) is 3.03. The summed E-state index contributed by atoms with van der Waals surface area (Å²) >= 11 is 12.3. The first-order valence-corrected chi connectivity index (χ1v) is 14.9. The van der Waals surface area contributed by atoms with Crippen LogP contribution in [0.15, 0.2) is 47.4 Å². The van der Waals surface area contributed by atoms with Crippen molar-refractivity contribution in [1.82, 2.24) is 10.2 Å². The molecule has 2 amide bonds. The number of hydrogen-bond donors (Lipinski definition) is 3. The van der Waals surface area contributed by atoms with Gasteiger partial charge in [-0.2, -0.15) is 0 Å². The Kier molecular flexibility index (Phi) is 8.52. The summed E-state index contributed by atoms with van der Waals surface area (Å²) in [6.07, 6.45) is 5.69. The fourth-order valence-corrected chi connectivity index (χ4v) is 6.53. The molecule has 0 aliphatic carbocycles. The van der Waals surface area contributed by atoms with Gasteiger partial charge in [-0.25, -0.2) is 13.2 Å². The maximum Gasteiger partial charge on any atom is 0.319 e. The van der Waals surface area contributed by atoms with Crippen LogP contribution in [0.1, 0.15) is 38.2 Å². The van der Waals surface area contributed by atoms with Crippen LogP contribution in [0.2, 0.25) is 10.0 Å². The van der Waals surface area contributed by atoms with Crippen LogP contribution in [-0.2, 0) is 16.3 Å². The van der Waals surface area contributed by atoms with E-state index in [1.54, 1.807) is 19.1 Å². The second-order valence-corrected chi connectivity index (χ2v) is 12.9. The second-order valence-electron chi connectivity index (χ2n) is 10.1. The van der Waals surface area contributed by atoms with Gasteiger partial charge in [0.2, 0.25) is 0 Å². The summed E-state index contributed by atoms with van der Waals surface area (Å²) in [4.78, 5) is 15.3. The Hall–Kier alpha value is -1.84. The van der Waals surface area contributed by atoms with Gasteiger partial charge in [-0.1, -0.05) is 35.3 Å². The van der Waals surface area contributed by atoms with E-state index < -0.39 is 28.0 Å². The topological polar surface area (TPSA) is 98.7 Å². The standard InChI is InChI=1S/C26H33Cl2N3O4S/c1-16(32)25(30-26(33)29-19-4-3-5-22(14-19)36(2,34)35)15-31-20-7-8-21(31)12-18(11-20)10-17-6-9-23(27)24(28)13-17/h3-6,9,13-14,16,18,20-21,25,32H,7-8,10-12,15H2,1-2H3,(H2,29,30,33)/t16-,18?,20-,21+,25-/m0/s1. The van der Waals surface area contributed by atoms with Gasteiger partial charge in [-0.05, 0) is 80.8 Å². The molecule has 0 saturated carbocycles. The molecule has 36 heavy (non-hydrogen) atoms. The minimum atomic E-state index is -3.38. The lowest BCUT2D eigenvalue weighted by molar-refractivity contribution is 0.0620. The number of carbonyl (C=O) groups is 1. The van der Waals surface area contributed by atoms with E-state index in [0.29, 0.717) is 40.3 Å². The third kappa shape index (κ3) is 6.72. The Morgan fingerprint density at radius 3 is 2.42 bits per heavy atom. The Bertz CT molecular complexity index is 1190. The molecule has 1 unspecified atom stereocenters. The van der Waals surface area contributed by atoms with Crippen LogP contribution in [-0.4, -0.2) is 61.5 Å². The Labute approximate surface area is 223 Å². The molecule has 0 aromatic heterocycles. The Balaban J connectivity index is 1.35. The quantitative estimate of drug-likeness (QED) is 0.438. The van der Waals surface area contributed by atoms with Crippen LogP contribution in [0.5, 0.6) is 0 Å². The fraction of sp³-hybridized carbons (Fsp3) is 0.500. The largest absolute Gasteiger partial charge is 0.391 e. The van der Waals surface area contributed by atoms with Crippen LogP contribution in [0, 0.1) is 5.92 Å². The average molecular weight is 555 g/mol. The number of amides is 2. The maximum absolute atomic E-state index is 12.7. The molecule has 2 aliphatic heterocycles. The minimum Gasteiger partial charge on any atom is -0.391 e. The molecule has 196 valence electrons. The SMILES string of the molecule is C[C@H](O)[C@H](CN1[C@@H]2CC[C@H]1CC(Cc1ccc(Cl)c(Cl)c1)C2)NC(=O)Nc1cccc(S(C)(=O)=O)c1. The van der Waals surface area contributed by atoms with Crippen LogP contribution in [0.3, 0.4) is 0 Å². The zero-order valence-corrected chi connectivity index (χ0v) is 22.8. The predicted molar refractivity (Wildman–Crippen MR) is 144 cm³/mol. The summed E-state index contributed by atoms with van der Waals surface area (Å²) in [5.74, 6) is 0.555. The van der Waals surface area contributed by atoms with Crippen molar-refractivity contribution in [3.63, 3.8) is 0 Å². The number of fused-ring (bicyclic) bond motifs is 2. The lowest BCUT2D eigenvalue weighted by Crippen LogP contribution is -2.54. The molecule has 5 atom stereocenters. The van der Waals surface area contributed by atoms with Crippen molar-refractivity contribution in [2.24, 2.45) is 5.92 Å². The first-order chi connectivity index (χ1) is 17.0. The van der Waals surface area contributed by atoms with Crippen molar-refractivity contribution < 1.29 is 18.3 Å². The highest BCUT2D eigenvalue weighted by molar-refractivity contribution is 7.90. The highest BCUT2D eigenvalue weighted by atomic mass is 35.5. The van der Waals surface area contributed by atoms with Gasteiger partial charge in [-0.15, -0.1) is 0 Å². The Morgan fingerprint density at radius 1 is 1.11 bits per heavy atom. The summed E-state index contributed by atoms with van der Waals surface area (Å²) in [6.45, 7) is 2.23. The van der Waals surface area contributed by atoms with Gasteiger partial charge in [0.15, 0.2) is 9.84 Å². The highest BCUT2D eigenvalue weighted by Gasteiger charge is 2.41. The molecule has 4 rings (SSSR count). The third-order valence-corrected chi connectivity index (χ3v) is 9.17. The smallest absolute Gasteiger partial charge is 0.319 e. The number of aliphatic hydroxyl groups is 1. The van der Waals surface area contributed by atoms with Crippen molar-refractivity contribution in [1.29, 1.82) is 0 Å². The first-order valence-electron chi connectivity index (χ1n) is 12.2. The predicted octanol–water partition coefficient (Wildman–Crippen LogP) is 4.75. The van der Waals surface area contributed by atoms with E-state index in [9.17, 15) is 18.3 Å². The van der Waals surface area contributed by atoms with Crippen LogP contribution >= 0.6 is 23.2 Å². The summed E-state index contributed by atoms with van der Waals surface area (Å²) < 4.78 is 23.6. The molecule has 2 bridgehead atoms. The lowest BCUT2D eigenvalue weighted by Gasteiger charge is -2.41. The van der Waals surface area contributed by atoms with Crippen molar-refractivity contribution in [3.8, 4) is 0 Å². The van der Waals surface area contributed by atoms with E-state index in [1.807, 2.05) is 18.2 Å². The maximum atomic E-state index is 12.7. The molecule has 2 saturated heterocycles. The minimum absolute atomic E-state index is 0.132. The fourth-order valence-electron chi connectivity index (χ4n) is 5.54. The first kappa shape index (κ1) is 27.2. The van der Waals surface area contributed by atoms with Crippen molar-refractivity contribution in [3.05, 3.63) is 58.1 Å². The number of nitrogens with zero attached hydrogens (tertiary/aromatic N) is 1. The van der Waals surface area contributed by atoms with E-state index in [0.717, 1.165) is 38.4 Å². The number of benzene rings is 2. The number of halogens is 2. The molecule has 7 nitrogen and oxygen atoms in total. The van der Waals surface area contributed by atoms with E-state index in [1.165, 1.54) is 17.7 Å². The summed E-state index contributed by atoms with van der Waals surface area (Å²) in [7, 11) is -3.38. The van der Waals surface area contributed by atoms with Crippen LogP contribution < -0.4 is 10.6 Å². The normalized spacial score (nSPS) is 23.8. The molecular formula is C26H33Cl2N3O4S. The summed E-state index contributed by atoms with van der Waals surface area (Å²) in [5, 5.41) is 17.2. The molecule has 2 aromatic rings. The number of sulfone groups is 1. The summed E-state index contributed by atoms with van der Waals surface area (Å²) in [5.41, 5.74) is 1.57. The second kappa shape index (κ2) is 11.3. The van der Waals surface area contributed by atoms with Gasteiger partial charge in [-0.3, -0.25) is 4.90 Å². The van der Waals surface area contributed by atoms with Crippen LogP contribution in [0.4, 0.5) is 10.5 Å². The molecule has 2 heterocycles. The zero-order valence-electron chi connectivity index (χ0n) is 20.5. The highest BCUT2D eigenvalue weighted by Crippen LogP contribution is 2.40. The molecule has 0 spiro atoms. The number of piperidine rings is 1. The van der Waals surface area contributed by atoms with Gasteiger partial charge < -0.3 is 15.7 Å². The van der Waals surface area contributed by atoms with E-state index in [2.05, 4.69) is 15.5 Å². The number of rotatable bonds is 8. The number of aliphatic hydroxyl groups excluding tert-OH is 1. The van der Waals surface area contributed by atoms with E-state index >= 15 is 0 Å². The number of anilines is 1. The van der Waals surface area contributed by atoms with Gasteiger partial charge in [0.25, 0.3) is 0 Å². The molecular weight excluding hydrogens is 521 g/mol. The van der Waals surface area contributed by atoms with E-state index in [-0.39, 0.29) is 4.90 Å². The van der Waals surface area contributed by atoms with Gasteiger partial charge in [0, 0.05) is 30.6 Å². The van der Waals surface area contributed by atoms with Crippen molar-refractivity contribution in [2.45, 2.75) is 68.2 Å². The molecule has 3 N–H and O–H groups in total. The lowest BCUT2D eigenvalue weighted by atomic mass is 9.85. The van der Waals surface area contributed by atoms with Crippen LogP contribution in [0.25, 0.3) is 0 Å². The molecule has 2 aromatic carbocycles. The van der Waals surface area contributed by atoms with Gasteiger partial charge in [0.05, 0.1) is 27.1 Å². The Morgan fingerprint density at radius 2 is 1.81 bits per heavy atom. The monoisotopic (exact) mass is 553 g/mol. The third-order valence-electron chi connectivity index (χ3n) is 7.32. The van der Waals surface area contributed by atoms with Crippen molar-refractivity contribution in [2.75, 3.05) is 18.1 Å². The number of urea groups is 1.